The molecule has 0 spiro atoms. The number of nitrogens with one attached hydrogen (secondary N) is 1. The lowest BCUT2D eigenvalue weighted by atomic mass is 9.97. The Morgan fingerprint density at radius 3 is 2.29 bits per heavy atom. The molecule has 0 saturated carbocycles. The quantitative estimate of drug-likeness (QED) is 0.712. The summed E-state index contributed by atoms with van der Waals surface area (Å²) >= 11 is 0. The van der Waals surface area contributed by atoms with E-state index in [0.717, 1.165) is 11.1 Å². The Balaban J connectivity index is 1.82. The Morgan fingerprint density at radius 1 is 1.04 bits per heavy atom. The maximum Gasteiger partial charge on any atom is 0.313 e. The number of amides is 2. The number of anilines is 1. The van der Waals surface area contributed by atoms with E-state index in [1.54, 1.807) is 12.1 Å². The summed E-state index contributed by atoms with van der Waals surface area (Å²) in [6, 6.07) is 16.7. The largest absolute Gasteiger partial charge is 0.455 e. The van der Waals surface area contributed by atoms with Crippen molar-refractivity contribution in [3.63, 3.8) is 0 Å². The zero-order chi connectivity index (χ0) is 20.5. The zero-order valence-corrected chi connectivity index (χ0v) is 16.5. The van der Waals surface area contributed by atoms with Gasteiger partial charge < -0.3 is 15.0 Å². The highest BCUT2D eigenvalue weighted by Crippen LogP contribution is 2.20. The molecule has 0 unspecified atom stereocenters. The van der Waals surface area contributed by atoms with Crippen molar-refractivity contribution < 1.29 is 19.1 Å². The monoisotopic (exact) mass is 382 g/mol. The number of hydrogen-bond acceptors (Lipinski definition) is 4. The van der Waals surface area contributed by atoms with Crippen molar-refractivity contribution in [2.24, 2.45) is 0 Å². The van der Waals surface area contributed by atoms with Gasteiger partial charge in [-0.05, 0) is 31.0 Å². The smallest absolute Gasteiger partial charge is 0.313 e. The maximum absolute atomic E-state index is 12.3. The Bertz CT molecular complexity index is 803. The van der Waals surface area contributed by atoms with Gasteiger partial charge in [0.2, 0.25) is 5.91 Å². The van der Waals surface area contributed by atoms with Gasteiger partial charge in [0.15, 0.2) is 6.61 Å². The van der Waals surface area contributed by atoms with Crippen LogP contribution in [0, 0.1) is 6.92 Å². The molecule has 0 aromatic heterocycles. The lowest BCUT2D eigenvalue weighted by Crippen LogP contribution is -2.37. The number of ether oxygens (including phenoxy) is 1. The molecule has 0 fully saturated rings. The summed E-state index contributed by atoms with van der Waals surface area (Å²) < 4.78 is 5.18. The van der Waals surface area contributed by atoms with Crippen LogP contribution in [0.5, 0.6) is 0 Å². The van der Waals surface area contributed by atoms with Crippen LogP contribution in [0.4, 0.5) is 5.69 Å². The highest BCUT2D eigenvalue weighted by atomic mass is 16.5. The van der Waals surface area contributed by atoms with Crippen LogP contribution in [0.15, 0.2) is 54.6 Å². The molecule has 6 nitrogen and oxygen atoms in total. The van der Waals surface area contributed by atoms with Crippen molar-refractivity contribution in [2.75, 3.05) is 25.5 Å². The molecule has 6 heteroatoms. The number of aryl methyl sites for hydroxylation is 1. The van der Waals surface area contributed by atoms with Crippen molar-refractivity contribution in [1.82, 2.24) is 4.90 Å². The molecule has 2 aromatic rings. The molecule has 0 aliphatic carbocycles. The van der Waals surface area contributed by atoms with Crippen LogP contribution < -0.4 is 5.32 Å². The molecule has 0 saturated heterocycles. The van der Waals surface area contributed by atoms with Gasteiger partial charge in [-0.3, -0.25) is 14.4 Å². The van der Waals surface area contributed by atoms with Crippen LogP contribution in [-0.4, -0.2) is 42.9 Å². The van der Waals surface area contributed by atoms with Crippen molar-refractivity contribution in [3.8, 4) is 0 Å². The van der Waals surface area contributed by atoms with Crippen molar-refractivity contribution in [2.45, 2.75) is 26.2 Å². The molecule has 2 amide bonds. The van der Waals surface area contributed by atoms with E-state index in [4.69, 9.17) is 4.74 Å². The molecule has 1 atom stereocenters. The predicted octanol–water partition coefficient (Wildman–Crippen LogP) is 3.13. The van der Waals surface area contributed by atoms with Gasteiger partial charge in [-0.15, -0.1) is 0 Å². The van der Waals surface area contributed by atoms with Crippen LogP contribution in [-0.2, 0) is 19.1 Å². The van der Waals surface area contributed by atoms with Gasteiger partial charge in [0.25, 0.3) is 5.91 Å². The molecule has 0 radical (unpaired) electrons. The van der Waals surface area contributed by atoms with Crippen LogP contribution in [0.2, 0.25) is 0 Å². The first-order valence-corrected chi connectivity index (χ1v) is 9.22. The molecule has 1 N–H and O–H groups in total. The average molecular weight is 382 g/mol. The van der Waals surface area contributed by atoms with Crippen LogP contribution in [0.25, 0.3) is 0 Å². The molecule has 2 rings (SSSR count). The topological polar surface area (TPSA) is 75.7 Å². The molecule has 0 heterocycles. The SMILES string of the molecule is CC[C@H](C(=O)OCC(=O)N(C)CC(=O)Nc1ccc(C)cc1)c1ccccc1. The molecule has 0 bridgehead atoms. The van der Waals surface area contributed by atoms with Gasteiger partial charge in [0.05, 0.1) is 12.5 Å². The summed E-state index contributed by atoms with van der Waals surface area (Å²) in [5.41, 5.74) is 2.61. The number of benzene rings is 2. The fourth-order valence-electron chi connectivity index (χ4n) is 2.71. The van der Waals surface area contributed by atoms with E-state index < -0.39 is 24.4 Å². The van der Waals surface area contributed by atoms with Gasteiger partial charge in [0.1, 0.15) is 0 Å². The Kier molecular flexibility index (Phi) is 7.75. The molecular formula is C22H26N2O4. The molecular weight excluding hydrogens is 356 g/mol. The number of rotatable bonds is 8. The van der Waals surface area contributed by atoms with E-state index in [2.05, 4.69) is 5.32 Å². The fraction of sp³-hybridized carbons (Fsp3) is 0.318. The number of hydrogen-bond donors (Lipinski definition) is 1. The van der Waals surface area contributed by atoms with Gasteiger partial charge in [-0.1, -0.05) is 55.0 Å². The van der Waals surface area contributed by atoms with Gasteiger partial charge in [-0.2, -0.15) is 0 Å². The highest BCUT2D eigenvalue weighted by Gasteiger charge is 2.22. The van der Waals surface area contributed by atoms with E-state index in [9.17, 15) is 14.4 Å². The van der Waals surface area contributed by atoms with Gasteiger partial charge >= 0.3 is 5.97 Å². The summed E-state index contributed by atoms with van der Waals surface area (Å²) in [7, 11) is 1.50. The molecule has 148 valence electrons. The lowest BCUT2D eigenvalue weighted by Gasteiger charge is -2.18. The van der Waals surface area contributed by atoms with E-state index in [-0.39, 0.29) is 12.5 Å². The third-order valence-electron chi connectivity index (χ3n) is 4.37. The summed E-state index contributed by atoms with van der Waals surface area (Å²) in [6.07, 6.45) is 0.575. The standard InChI is InChI=1S/C22H26N2O4/c1-4-19(17-8-6-5-7-9-17)22(27)28-15-21(26)24(3)14-20(25)23-18-12-10-16(2)11-13-18/h5-13,19H,4,14-15H2,1-3H3,(H,23,25)/t19-/m0/s1. The minimum Gasteiger partial charge on any atom is -0.455 e. The molecule has 0 aliphatic rings. The Morgan fingerprint density at radius 2 is 1.68 bits per heavy atom. The molecule has 28 heavy (non-hydrogen) atoms. The minimum atomic E-state index is -0.445. The first-order valence-electron chi connectivity index (χ1n) is 9.22. The van der Waals surface area contributed by atoms with Crippen molar-refractivity contribution in [1.29, 1.82) is 0 Å². The second kappa shape index (κ2) is 10.3. The average Bonchev–Trinajstić information content (AvgIpc) is 2.69. The number of esters is 1. The number of carbonyl (C=O) groups excluding carboxylic acids is 3. The first kappa shape index (κ1) is 21.2. The van der Waals surface area contributed by atoms with Crippen LogP contribution >= 0.6 is 0 Å². The molecule has 0 aliphatic heterocycles. The summed E-state index contributed by atoms with van der Waals surface area (Å²) in [6.45, 7) is 3.33. The first-order chi connectivity index (χ1) is 13.4. The maximum atomic E-state index is 12.3. The van der Waals surface area contributed by atoms with E-state index in [0.29, 0.717) is 12.1 Å². The van der Waals surface area contributed by atoms with Crippen LogP contribution in [0.3, 0.4) is 0 Å². The summed E-state index contributed by atoms with van der Waals surface area (Å²) in [4.78, 5) is 37.8. The highest BCUT2D eigenvalue weighted by molar-refractivity contribution is 5.94. The van der Waals surface area contributed by atoms with E-state index >= 15 is 0 Å². The zero-order valence-electron chi connectivity index (χ0n) is 16.5. The van der Waals surface area contributed by atoms with Crippen molar-refractivity contribution in [3.05, 3.63) is 65.7 Å². The normalized spacial score (nSPS) is 11.4. The van der Waals surface area contributed by atoms with Gasteiger partial charge in [0, 0.05) is 12.7 Å². The Hall–Kier alpha value is -3.15. The minimum absolute atomic E-state index is 0.125. The number of carbonyl (C=O) groups is 3. The third-order valence-corrected chi connectivity index (χ3v) is 4.37. The second-order valence-corrected chi connectivity index (χ2v) is 6.64. The van der Waals surface area contributed by atoms with Crippen LogP contribution in [0.1, 0.15) is 30.4 Å². The van der Waals surface area contributed by atoms with Crippen molar-refractivity contribution >= 4 is 23.5 Å². The summed E-state index contributed by atoms with van der Waals surface area (Å²) in [5, 5.41) is 2.73. The number of likely N-dealkylation sites (N-methyl/N-ethyl adjacent to an activating group) is 1. The Labute approximate surface area is 165 Å². The van der Waals surface area contributed by atoms with Gasteiger partial charge in [-0.25, -0.2) is 0 Å². The number of nitrogens with zero attached hydrogens (tertiary/aromatic N) is 1. The molecule has 2 aromatic carbocycles. The fourth-order valence-corrected chi connectivity index (χ4v) is 2.71. The van der Waals surface area contributed by atoms with E-state index in [1.807, 2.05) is 56.3 Å². The lowest BCUT2D eigenvalue weighted by molar-refractivity contribution is -0.153. The third kappa shape index (κ3) is 6.23. The summed E-state index contributed by atoms with van der Waals surface area (Å²) in [5.74, 6) is -1.61. The van der Waals surface area contributed by atoms with E-state index in [1.165, 1.54) is 11.9 Å². The second-order valence-electron chi connectivity index (χ2n) is 6.64. The predicted molar refractivity (Wildman–Crippen MR) is 108 cm³/mol.